The van der Waals surface area contributed by atoms with Crippen molar-refractivity contribution in [3.8, 4) is 0 Å². The van der Waals surface area contributed by atoms with Crippen molar-refractivity contribution in [1.82, 2.24) is 5.09 Å². The van der Waals surface area contributed by atoms with Gasteiger partial charge in [0.1, 0.15) is 0 Å². The van der Waals surface area contributed by atoms with Crippen LogP contribution in [0.1, 0.15) is 53.1 Å². The van der Waals surface area contributed by atoms with Crippen LogP contribution >= 0.6 is 7.29 Å². The lowest BCUT2D eigenvalue weighted by Crippen LogP contribution is -2.39. The third-order valence-corrected chi connectivity index (χ3v) is 7.91. The van der Waals surface area contributed by atoms with E-state index in [4.69, 9.17) is 0 Å². The van der Waals surface area contributed by atoms with Crippen molar-refractivity contribution >= 4 is 12.6 Å². The molecule has 130 valence electrons. The quantitative estimate of drug-likeness (QED) is 0.715. The number of benzene rings is 2. The molecule has 0 amide bonds. The lowest BCUT2D eigenvalue weighted by atomic mass is 9.83. The highest BCUT2D eigenvalue weighted by Gasteiger charge is 2.42. The van der Waals surface area contributed by atoms with Crippen molar-refractivity contribution in [2.45, 2.75) is 52.7 Å². The maximum Gasteiger partial charge on any atom is 0.181 e. The summed E-state index contributed by atoms with van der Waals surface area (Å²) in [5.41, 5.74) is 1.11. The minimum Gasteiger partial charge on any atom is -0.301 e. The van der Waals surface area contributed by atoms with Gasteiger partial charge in [-0.25, -0.2) is 0 Å². The zero-order valence-corrected chi connectivity index (χ0v) is 16.6. The molecule has 0 heterocycles. The largest absolute Gasteiger partial charge is 0.301 e. The zero-order valence-electron chi connectivity index (χ0n) is 15.7. The minimum absolute atomic E-state index is 0.00367. The molecule has 0 aliphatic carbocycles. The van der Waals surface area contributed by atoms with Crippen LogP contribution in [-0.4, -0.2) is 5.16 Å². The van der Waals surface area contributed by atoms with Gasteiger partial charge in [-0.2, -0.15) is 0 Å². The molecule has 2 nitrogen and oxygen atoms in total. The Morgan fingerprint density at radius 3 is 1.67 bits per heavy atom. The van der Waals surface area contributed by atoms with Gasteiger partial charge in [-0.3, -0.25) is 5.09 Å². The number of hydrogen-bond donors (Lipinski definition) is 1. The van der Waals surface area contributed by atoms with Crippen LogP contribution in [0.4, 0.5) is 0 Å². The van der Waals surface area contributed by atoms with Gasteiger partial charge in [0.25, 0.3) is 0 Å². The van der Waals surface area contributed by atoms with Gasteiger partial charge in [0.05, 0.1) is 0 Å². The molecule has 0 radical (unpaired) electrons. The van der Waals surface area contributed by atoms with Gasteiger partial charge in [0.2, 0.25) is 0 Å². The summed E-state index contributed by atoms with van der Waals surface area (Å²) in [4.78, 5) is 0. The normalized spacial score (nSPS) is 16.4. The van der Waals surface area contributed by atoms with Crippen LogP contribution in [0.25, 0.3) is 0 Å². The van der Waals surface area contributed by atoms with Crippen LogP contribution in [0.3, 0.4) is 0 Å². The van der Waals surface area contributed by atoms with Gasteiger partial charge < -0.3 is 4.57 Å². The van der Waals surface area contributed by atoms with E-state index in [0.29, 0.717) is 0 Å². The van der Waals surface area contributed by atoms with E-state index in [2.05, 4.69) is 58.8 Å². The fraction of sp³-hybridized carbons (Fsp3) is 0.429. The second-order valence-electron chi connectivity index (χ2n) is 8.45. The SMILES string of the molecule is CC(C)(C)[C@H](NP(=O)(c1ccccc1)C(C)(C)C)c1ccccc1. The second kappa shape index (κ2) is 6.86. The van der Waals surface area contributed by atoms with Crippen molar-refractivity contribution in [1.29, 1.82) is 0 Å². The van der Waals surface area contributed by atoms with E-state index in [1.165, 1.54) is 5.56 Å². The van der Waals surface area contributed by atoms with E-state index >= 15 is 0 Å². The molecule has 2 aromatic carbocycles. The van der Waals surface area contributed by atoms with Crippen molar-refractivity contribution < 1.29 is 4.57 Å². The van der Waals surface area contributed by atoms with Crippen LogP contribution in [0.2, 0.25) is 0 Å². The Labute approximate surface area is 147 Å². The van der Waals surface area contributed by atoms with E-state index in [1.54, 1.807) is 0 Å². The molecule has 0 saturated carbocycles. The van der Waals surface area contributed by atoms with Gasteiger partial charge in [-0.15, -0.1) is 0 Å². The summed E-state index contributed by atoms with van der Waals surface area (Å²) in [7, 11) is -2.82. The van der Waals surface area contributed by atoms with E-state index in [1.807, 2.05) is 48.5 Å². The molecule has 3 heteroatoms. The maximum absolute atomic E-state index is 14.2. The van der Waals surface area contributed by atoms with Crippen molar-refractivity contribution in [2.24, 2.45) is 5.41 Å². The molecular formula is C21H30NOP. The van der Waals surface area contributed by atoms with E-state index in [-0.39, 0.29) is 16.6 Å². The summed E-state index contributed by atoms with van der Waals surface area (Å²) in [5.74, 6) is 0. The predicted octanol–water partition coefficient (Wildman–Crippen LogP) is 5.77. The first-order valence-corrected chi connectivity index (χ1v) is 10.2. The highest BCUT2D eigenvalue weighted by atomic mass is 31.2. The van der Waals surface area contributed by atoms with Gasteiger partial charge in [-0.05, 0) is 11.0 Å². The average Bonchev–Trinajstić information content (AvgIpc) is 2.52. The third kappa shape index (κ3) is 3.99. The number of nitrogens with one attached hydrogen (secondary N) is 1. The van der Waals surface area contributed by atoms with Gasteiger partial charge in [0, 0.05) is 16.5 Å². The lowest BCUT2D eigenvalue weighted by molar-refractivity contribution is 0.302. The lowest BCUT2D eigenvalue weighted by Gasteiger charge is -2.40. The fourth-order valence-electron chi connectivity index (χ4n) is 2.89. The van der Waals surface area contributed by atoms with Crippen molar-refractivity contribution in [2.75, 3.05) is 0 Å². The highest BCUT2D eigenvalue weighted by Crippen LogP contribution is 2.56. The standard InChI is InChI=1S/C21H30NOP/c1-20(2,3)19(17-13-9-7-10-14-17)22-24(23,21(4,5)6)18-15-11-8-12-16-18/h7-16,19H,1-6H3,(H,22,23)/t19-,24?/m1/s1. The molecule has 2 rings (SSSR count). The summed E-state index contributed by atoms with van der Waals surface area (Å²) in [6.07, 6.45) is 0. The van der Waals surface area contributed by atoms with E-state index < -0.39 is 7.29 Å². The highest BCUT2D eigenvalue weighted by molar-refractivity contribution is 7.71. The maximum atomic E-state index is 14.2. The molecule has 2 aromatic rings. The summed E-state index contributed by atoms with van der Waals surface area (Å²) in [6, 6.07) is 20.2. The first kappa shape index (κ1) is 19.0. The average molecular weight is 343 g/mol. The van der Waals surface area contributed by atoms with Crippen molar-refractivity contribution in [3.63, 3.8) is 0 Å². The van der Waals surface area contributed by atoms with Crippen LogP contribution in [0.5, 0.6) is 0 Å². The molecule has 0 aliphatic heterocycles. The molecule has 0 aliphatic rings. The Balaban J connectivity index is 2.53. The monoisotopic (exact) mass is 343 g/mol. The van der Waals surface area contributed by atoms with Crippen LogP contribution in [0, 0.1) is 5.41 Å². The van der Waals surface area contributed by atoms with E-state index in [9.17, 15) is 4.57 Å². The topological polar surface area (TPSA) is 29.1 Å². The molecule has 1 unspecified atom stereocenters. The van der Waals surface area contributed by atoms with Gasteiger partial charge in [-0.1, -0.05) is 102 Å². The Morgan fingerprint density at radius 1 is 0.792 bits per heavy atom. The Morgan fingerprint density at radius 2 is 1.25 bits per heavy atom. The zero-order chi connectivity index (χ0) is 18.0. The minimum atomic E-state index is -2.82. The predicted molar refractivity (Wildman–Crippen MR) is 105 cm³/mol. The molecular weight excluding hydrogens is 313 g/mol. The third-order valence-electron chi connectivity index (χ3n) is 4.37. The first-order chi connectivity index (χ1) is 11.1. The Hall–Kier alpha value is -1.37. The molecule has 0 aromatic heterocycles. The van der Waals surface area contributed by atoms with Gasteiger partial charge in [0.15, 0.2) is 7.29 Å². The molecule has 1 N–H and O–H groups in total. The smallest absolute Gasteiger partial charge is 0.181 e. The summed E-state index contributed by atoms with van der Waals surface area (Å²) in [5, 5.41) is 4.12. The fourth-order valence-corrected chi connectivity index (χ4v) is 5.69. The summed E-state index contributed by atoms with van der Waals surface area (Å²) >= 11 is 0. The second-order valence-corrected chi connectivity index (χ2v) is 11.8. The van der Waals surface area contributed by atoms with Crippen LogP contribution in [0.15, 0.2) is 60.7 Å². The van der Waals surface area contributed by atoms with Crippen LogP contribution in [-0.2, 0) is 4.57 Å². The number of hydrogen-bond acceptors (Lipinski definition) is 1. The summed E-state index contributed by atoms with van der Waals surface area (Å²) < 4.78 is 14.2. The molecule has 2 atom stereocenters. The molecule has 0 saturated heterocycles. The van der Waals surface area contributed by atoms with E-state index in [0.717, 1.165) is 5.30 Å². The van der Waals surface area contributed by atoms with Gasteiger partial charge >= 0.3 is 0 Å². The molecule has 24 heavy (non-hydrogen) atoms. The van der Waals surface area contributed by atoms with Crippen LogP contribution < -0.4 is 10.4 Å². The molecule has 0 fully saturated rings. The Bertz CT molecular complexity index is 696. The molecule has 0 spiro atoms. The number of rotatable bonds is 4. The Kier molecular flexibility index (Phi) is 5.42. The first-order valence-electron chi connectivity index (χ1n) is 8.54. The molecule has 0 bridgehead atoms. The van der Waals surface area contributed by atoms with Crippen molar-refractivity contribution in [3.05, 3.63) is 66.2 Å². The summed E-state index contributed by atoms with van der Waals surface area (Å²) in [6.45, 7) is 12.7.